The van der Waals surface area contributed by atoms with Gasteiger partial charge in [0, 0.05) is 16.9 Å². The highest BCUT2D eigenvalue weighted by atomic mass is 32.1. The van der Waals surface area contributed by atoms with Gasteiger partial charge in [0.15, 0.2) is 10.9 Å². The van der Waals surface area contributed by atoms with Crippen LogP contribution in [0.2, 0.25) is 0 Å². The lowest BCUT2D eigenvalue weighted by atomic mass is 9.94. The van der Waals surface area contributed by atoms with E-state index < -0.39 is 17.9 Å². The van der Waals surface area contributed by atoms with Crippen LogP contribution in [0.15, 0.2) is 23.6 Å². The number of Topliss-reactive ketones (excluding diaryl/α,β-unsaturated/α-hetero) is 1. The number of carbonyl (C=O) groups is 3. The molecule has 8 heteroatoms. The van der Waals surface area contributed by atoms with Crippen LogP contribution in [0.3, 0.4) is 0 Å². The molecule has 1 heterocycles. The number of aryl methyl sites for hydroxylation is 1. The number of nitrogens with two attached hydrogens (primary N) is 1. The second-order valence-electron chi connectivity index (χ2n) is 7.18. The molecule has 0 saturated heterocycles. The third-order valence-electron chi connectivity index (χ3n) is 5.03. The Hall–Kier alpha value is -2.74. The third kappa shape index (κ3) is 4.56. The van der Waals surface area contributed by atoms with Crippen molar-refractivity contribution in [2.24, 2.45) is 11.7 Å². The summed E-state index contributed by atoms with van der Waals surface area (Å²) < 4.78 is 0. The van der Waals surface area contributed by atoms with E-state index in [2.05, 4.69) is 15.6 Å². The summed E-state index contributed by atoms with van der Waals surface area (Å²) in [5, 5.41) is 7.45. The lowest BCUT2D eigenvalue weighted by molar-refractivity contribution is -0.119. The molecular weight excluding hydrogens is 376 g/mol. The summed E-state index contributed by atoms with van der Waals surface area (Å²) in [6, 6.07) is 4.94. The number of carbonyl (C=O) groups excluding carboxylic acids is 3. The molecule has 1 unspecified atom stereocenters. The number of aromatic nitrogens is 1. The Balaban J connectivity index is 1.72. The van der Waals surface area contributed by atoms with E-state index in [1.807, 2.05) is 19.1 Å². The van der Waals surface area contributed by atoms with Crippen LogP contribution in [0, 0.1) is 12.8 Å². The topological polar surface area (TPSA) is 114 Å². The minimum absolute atomic E-state index is 0.0298. The average molecular weight is 401 g/mol. The average Bonchev–Trinajstić information content (AvgIpc) is 3.34. The monoisotopic (exact) mass is 400 g/mol. The molecule has 0 aliphatic heterocycles. The molecule has 0 bridgehead atoms. The quantitative estimate of drug-likeness (QED) is 0.634. The standard InChI is InChI=1S/C20H24N4O3S/c1-11-7-8-15(14(9-11)17(25)13-5-3-4-6-13)22-19(27)24-20-23-16(10-28-20)12(2)18(21)26/h7-10,12-13H,3-6H2,1-2H3,(H2,21,26)(H2,22,23,24,27). The van der Waals surface area contributed by atoms with Crippen LogP contribution in [0.4, 0.5) is 15.6 Å². The van der Waals surface area contributed by atoms with Crippen LogP contribution < -0.4 is 16.4 Å². The fourth-order valence-corrected chi connectivity index (χ4v) is 4.12. The van der Waals surface area contributed by atoms with Gasteiger partial charge >= 0.3 is 6.03 Å². The van der Waals surface area contributed by atoms with Gasteiger partial charge in [0.2, 0.25) is 5.91 Å². The van der Waals surface area contributed by atoms with Crippen molar-refractivity contribution in [2.45, 2.75) is 45.4 Å². The molecule has 0 spiro atoms. The molecule has 3 amide bonds. The minimum atomic E-state index is -0.525. The predicted molar refractivity (Wildman–Crippen MR) is 110 cm³/mol. The number of ketones is 1. The SMILES string of the molecule is Cc1ccc(NC(=O)Nc2nc(C(C)C(N)=O)cs2)c(C(=O)C2CCCC2)c1. The second-order valence-corrected chi connectivity index (χ2v) is 8.03. The number of primary amides is 1. The normalized spacial score (nSPS) is 15.2. The number of urea groups is 1. The largest absolute Gasteiger partial charge is 0.369 e. The van der Waals surface area contributed by atoms with Crippen molar-refractivity contribution in [1.82, 2.24) is 4.98 Å². The number of thiazole rings is 1. The number of benzene rings is 1. The van der Waals surface area contributed by atoms with E-state index in [0.29, 0.717) is 22.1 Å². The van der Waals surface area contributed by atoms with E-state index in [9.17, 15) is 14.4 Å². The number of amides is 3. The molecular formula is C20H24N4O3S. The Bertz CT molecular complexity index is 903. The fraction of sp³-hybridized carbons (Fsp3) is 0.400. The third-order valence-corrected chi connectivity index (χ3v) is 5.80. The van der Waals surface area contributed by atoms with Gasteiger partial charge in [0.1, 0.15) is 0 Å². The Morgan fingerprint density at radius 1 is 1.21 bits per heavy atom. The molecule has 0 radical (unpaired) electrons. The zero-order valence-corrected chi connectivity index (χ0v) is 16.8. The molecule has 2 aromatic rings. The predicted octanol–water partition coefficient (Wildman–Crippen LogP) is 4.06. The van der Waals surface area contributed by atoms with Gasteiger partial charge in [0.25, 0.3) is 0 Å². The van der Waals surface area contributed by atoms with Crippen LogP contribution in [0.5, 0.6) is 0 Å². The molecule has 1 aliphatic carbocycles. The first-order valence-corrected chi connectivity index (χ1v) is 10.2. The van der Waals surface area contributed by atoms with Crippen molar-refractivity contribution in [3.63, 3.8) is 0 Å². The summed E-state index contributed by atoms with van der Waals surface area (Å²) in [5.74, 6) is -0.885. The minimum Gasteiger partial charge on any atom is -0.369 e. The highest BCUT2D eigenvalue weighted by molar-refractivity contribution is 7.14. The van der Waals surface area contributed by atoms with Crippen molar-refractivity contribution in [2.75, 3.05) is 10.6 Å². The van der Waals surface area contributed by atoms with E-state index in [1.54, 1.807) is 18.4 Å². The number of anilines is 2. The molecule has 1 atom stereocenters. The van der Waals surface area contributed by atoms with Crippen molar-refractivity contribution in [3.8, 4) is 0 Å². The number of hydrogen-bond acceptors (Lipinski definition) is 5. The highest BCUT2D eigenvalue weighted by Crippen LogP contribution is 2.31. The summed E-state index contributed by atoms with van der Waals surface area (Å²) in [6.45, 7) is 3.58. The number of nitrogens with zero attached hydrogens (tertiary/aromatic N) is 1. The Labute approximate surface area is 167 Å². The Kier molecular flexibility index (Phi) is 6.08. The van der Waals surface area contributed by atoms with Gasteiger partial charge in [-0.2, -0.15) is 0 Å². The van der Waals surface area contributed by atoms with Gasteiger partial charge < -0.3 is 11.1 Å². The first kappa shape index (κ1) is 20.0. The molecule has 3 rings (SSSR count). The van der Waals surface area contributed by atoms with Crippen LogP contribution in [-0.2, 0) is 4.79 Å². The molecule has 4 N–H and O–H groups in total. The molecule has 1 aliphatic rings. The first-order valence-electron chi connectivity index (χ1n) is 9.32. The summed E-state index contributed by atoms with van der Waals surface area (Å²) in [6.07, 6.45) is 3.94. The number of rotatable bonds is 6. The van der Waals surface area contributed by atoms with Crippen LogP contribution >= 0.6 is 11.3 Å². The van der Waals surface area contributed by atoms with Gasteiger partial charge in [-0.05, 0) is 38.8 Å². The summed E-state index contributed by atoms with van der Waals surface area (Å²) in [4.78, 5) is 40.8. The molecule has 1 saturated carbocycles. The van der Waals surface area contributed by atoms with Crippen LogP contribution in [0.25, 0.3) is 0 Å². The van der Waals surface area contributed by atoms with E-state index in [1.165, 1.54) is 11.3 Å². The molecule has 1 aromatic heterocycles. The van der Waals surface area contributed by atoms with Crippen molar-refractivity contribution in [1.29, 1.82) is 0 Å². The van der Waals surface area contributed by atoms with Gasteiger partial charge in [-0.25, -0.2) is 9.78 Å². The first-order chi connectivity index (χ1) is 13.3. The van der Waals surface area contributed by atoms with Crippen molar-refractivity contribution >= 4 is 39.9 Å². The fourth-order valence-electron chi connectivity index (χ4n) is 3.32. The summed E-state index contributed by atoms with van der Waals surface area (Å²) in [5.41, 5.74) is 7.80. The molecule has 7 nitrogen and oxygen atoms in total. The maximum atomic E-state index is 12.9. The molecule has 1 fully saturated rings. The van der Waals surface area contributed by atoms with Gasteiger partial charge in [-0.1, -0.05) is 24.5 Å². The van der Waals surface area contributed by atoms with Gasteiger partial charge in [-0.15, -0.1) is 11.3 Å². The lowest BCUT2D eigenvalue weighted by Gasteiger charge is -2.14. The van der Waals surface area contributed by atoms with Crippen LogP contribution in [0.1, 0.15) is 60.1 Å². The Morgan fingerprint density at radius 3 is 2.61 bits per heavy atom. The summed E-state index contributed by atoms with van der Waals surface area (Å²) in [7, 11) is 0. The Morgan fingerprint density at radius 2 is 1.93 bits per heavy atom. The molecule has 1 aromatic carbocycles. The zero-order chi connectivity index (χ0) is 20.3. The maximum absolute atomic E-state index is 12.9. The van der Waals surface area contributed by atoms with E-state index in [4.69, 9.17) is 5.73 Å². The second kappa shape index (κ2) is 8.52. The van der Waals surface area contributed by atoms with Crippen molar-refractivity contribution < 1.29 is 14.4 Å². The van der Waals surface area contributed by atoms with E-state index >= 15 is 0 Å². The summed E-state index contributed by atoms with van der Waals surface area (Å²) >= 11 is 1.21. The van der Waals surface area contributed by atoms with Crippen LogP contribution in [-0.4, -0.2) is 22.7 Å². The van der Waals surface area contributed by atoms with E-state index in [-0.39, 0.29) is 11.7 Å². The number of nitrogens with one attached hydrogen (secondary N) is 2. The van der Waals surface area contributed by atoms with E-state index in [0.717, 1.165) is 31.2 Å². The number of hydrogen-bond donors (Lipinski definition) is 3. The van der Waals surface area contributed by atoms with Crippen molar-refractivity contribution in [3.05, 3.63) is 40.4 Å². The van der Waals surface area contributed by atoms with Gasteiger partial charge in [-0.3, -0.25) is 14.9 Å². The molecule has 148 valence electrons. The lowest BCUT2D eigenvalue weighted by Crippen LogP contribution is -2.22. The highest BCUT2D eigenvalue weighted by Gasteiger charge is 2.26. The smallest absolute Gasteiger partial charge is 0.325 e. The maximum Gasteiger partial charge on any atom is 0.325 e. The van der Waals surface area contributed by atoms with Gasteiger partial charge in [0.05, 0.1) is 17.3 Å². The molecule has 28 heavy (non-hydrogen) atoms. The zero-order valence-electron chi connectivity index (χ0n) is 16.0.